The highest BCUT2D eigenvalue weighted by molar-refractivity contribution is 7.89. The second kappa shape index (κ2) is 2.97. The Kier molecular flexibility index (Phi) is 1.98. The van der Waals surface area contributed by atoms with Gasteiger partial charge in [0.15, 0.2) is 5.65 Å². The number of halogens is 1. The van der Waals surface area contributed by atoms with E-state index in [-0.39, 0.29) is 5.65 Å². The Morgan fingerprint density at radius 1 is 1.47 bits per heavy atom. The van der Waals surface area contributed by atoms with Crippen LogP contribution >= 0.6 is 0 Å². The number of hydrogen-bond donors (Lipinski definition) is 1. The monoisotopic (exact) mass is 230 g/mol. The second-order valence-corrected chi connectivity index (χ2v) is 4.47. The molecule has 2 heterocycles. The van der Waals surface area contributed by atoms with Crippen LogP contribution in [0.1, 0.15) is 5.69 Å². The van der Waals surface area contributed by atoms with Crippen LogP contribution in [0.5, 0.6) is 0 Å². The number of aryl methyl sites for hydroxylation is 1. The Morgan fingerprint density at radius 2 is 2.13 bits per heavy atom. The summed E-state index contributed by atoms with van der Waals surface area (Å²) >= 11 is 0. The summed E-state index contributed by atoms with van der Waals surface area (Å²) in [4.78, 5) is 3.40. The van der Waals surface area contributed by atoms with Crippen molar-refractivity contribution in [3.05, 3.63) is 23.8 Å². The summed E-state index contributed by atoms with van der Waals surface area (Å²) in [6.45, 7) is 1.64. The number of rotatable bonds is 1. The van der Waals surface area contributed by atoms with Crippen LogP contribution in [0.15, 0.2) is 17.2 Å². The second-order valence-electron chi connectivity index (χ2n) is 3.00. The first-order valence-corrected chi connectivity index (χ1v) is 5.49. The van der Waals surface area contributed by atoms with Gasteiger partial charge in [0.1, 0.15) is 0 Å². The quantitative estimate of drug-likeness (QED) is 0.736. The molecule has 0 atom stereocenters. The minimum atomic E-state index is -4.17. The minimum absolute atomic E-state index is 0.0992. The molecule has 0 bridgehead atoms. The highest BCUT2D eigenvalue weighted by atomic mass is 32.2. The number of fused-ring (bicyclic) bond motifs is 1. The average Bonchev–Trinajstić information content (AvgIpc) is 2.38. The van der Waals surface area contributed by atoms with Crippen LogP contribution in [0.3, 0.4) is 0 Å². The van der Waals surface area contributed by atoms with Gasteiger partial charge in [0.25, 0.3) is 16.0 Å². The lowest BCUT2D eigenvalue weighted by Crippen LogP contribution is -2.17. The zero-order valence-electron chi connectivity index (χ0n) is 7.68. The van der Waals surface area contributed by atoms with Crippen LogP contribution in [0.4, 0.5) is 4.39 Å². The van der Waals surface area contributed by atoms with Crippen molar-refractivity contribution in [2.45, 2.75) is 11.9 Å². The summed E-state index contributed by atoms with van der Waals surface area (Å²) in [5.41, 5.74) is 0.631. The maximum Gasteiger partial charge on any atom is 0.260 e. The van der Waals surface area contributed by atoms with E-state index in [1.54, 1.807) is 13.0 Å². The zero-order valence-corrected chi connectivity index (χ0v) is 8.49. The molecule has 0 aromatic carbocycles. The number of hydrogen-bond acceptors (Lipinski definition) is 4. The molecule has 0 saturated heterocycles. The minimum Gasteiger partial charge on any atom is -0.223 e. The maximum atomic E-state index is 13.2. The number of primary sulfonamides is 1. The normalized spacial score (nSPS) is 12.2. The molecule has 6 nitrogen and oxygen atoms in total. The summed E-state index contributed by atoms with van der Waals surface area (Å²) in [5.74, 6) is -1.14. The summed E-state index contributed by atoms with van der Waals surface area (Å²) < 4.78 is 36.2. The molecule has 80 valence electrons. The molecular weight excluding hydrogens is 223 g/mol. The Morgan fingerprint density at radius 3 is 2.73 bits per heavy atom. The van der Waals surface area contributed by atoms with E-state index in [1.807, 2.05) is 0 Å². The predicted octanol–water partition coefficient (Wildman–Crippen LogP) is -0.176. The average molecular weight is 230 g/mol. The number of nitrogens with zero attached hydrogens (tertiary/aromatic N) is 3. The number of aromatic nitrogens is 3. The van der Waals surface area contributed by atoms with Gasteiger partial charge < -0.3 is 0 Å². The maximum absolute atomic E-state index is 13.2. The Bertz CT molecular complexity index is 634. The number of imidazole rings is 1. The van der Waals surface area contributed by atoms with Gasteiger partial charge in [-0.15, -0.1) is 0 Å². The smallest absolute Gasteiger partial charge is 0.223 e. The van der Waals surface area contributed by atoms with E-state index in [0.717, 1.165) is 4.52 Å². The van der Waals surface area contributed by atoms with Crippen molar-refractivity contribution >= 4 is 15.7 Å². The number of sulfonamides is 1. The fourth-order valence-corrected chi connectivity index (χ4v) is 1.87. The van der Waals surface area contributed by atoms with Gasteiger partial charge in [-0.1, -0.05) is 0 Å². The first kappa shape index (κ1) is 9.99. The fraction of sp³-hybridized carbons (Fsp3) is 0.143. The van der Waals surface area contributed by atoms with Crippen LogP contribution < -0.4 is 5.14 Å². The molecular formula is C7H7FN4O2S. The molecule has 0 aliphatic heterocycles. The lowest BCUT2D eigenvalue weighted by Gasteiger charge is -1.98. The highest BCUT2D eigenvalue weighted by Crippen LogP contribution is 2.14. The van der Waals surface area contributed by atoms with Crippen molar-refractivity contribution in [2.75, 3.05) is 0 Å². The molecule has 2 aromatic heterocycles. The lowest BCUT2D eigenvalue weighted by molar-refractivity contribution is 0.533. The fourth-order valence-electron chi connectivity index (χ4n) is 1.22. The topological polar surface area (TPSA) is 90.3 Å². The Hall–Kier alpha value is -1.54. The highest BCUT2D eigenvalue weighted by Gasteiger charge is 2.22. The molecule has 0 aliphatic carbocycles. The molecule has 0 radical (unpaired) electrons. The third kappa shape index (κ3) is 1.57. The summed E-state index contributed by atoms with van der Waals surface area (Å²) in [5, 5.41) is 7.95. The molecule has 2 aromatic rings. The van der Waals surface area contributed by atoms with Gasteiger partial charge in [0, 0.05) is 0 Å². The zero-order chi connectivity index (χ0) is 11.2. The van der Waals surface area contributed by atoms with E-state index in [4.69, 9.17) is 5.14 Å². The first-order valence-electron chi connectivity index (χ1n) is 3.94. The van der Waals surface area contributed by atoms with Gasteiger partial charge in [-0.3, -0.25) is 0 Å². The standard InChI is InChI=1S/C7H7FN4O2S/c1-4-2-3-5-10-6(8)7(12(5)11-4)15(9,13)14/h2-3H,1H3,(H2,9,13,14). The molecule has 0 saturated carbocycles. The van der Waals surface area contributed by atoms with E-state index in [1.165, 1.54) is 6.07 Å². The van der Waals surface area contributed by atoms with Crippen LogP contribution in [0.2, 0.25) is 0 Å². The van der Waals surface area contributed by atoms with Gasteiger partial charge >= 0.3 is 0 Å². The third-order valence-corrected chi connectivity index (χ3v) is 2.68. The van der Waals surface area contributed by atoms with Gasteiger partial charge in [0.05, 0.1) is 5.69 Å². The molecule has 0 spiro atoms. The molecule has 2 N–H and O–H groups in total. The van der Waals surface area contributed by atoms with E-state index < -0.39 is 21.0 Å². The van der Waals surface area contributed by atoms with E-state index in [0.29, 0.717) is 5.69 Å². The largest absolute Gasteiger partial charge is 0.260 e. The molecule has 0 amide bonds. The Balaban J connectivity index is 2.95. The van der Waals surface area contributed by atoms with Crippen molar-refractivity contribution in [1.82, 2.24) is 14.6 Å². The molecule has 0 aliphatic rings. The predicted molar refractivity (Wildman–Crippen MR) is 49.1 cm³/mol. The van der Waals surface area contributed by atoms with Crippen molar-refractivity contribution in [1.29, 1.82) is 0 Å². The van der Waals surface area contributed by atoms with Crippen LogP contribution in [0.25, 0.3) is 5.65 Å². The van der Waals surface area contributed by atoms with Crippen LogP contribution in [-0.2, 0) is 10.0 Å². The summed E-state index contributed by atoms with van der Waals surface area (Å²) in [6.07, 6.45) is 0. The molecule has 8 heteroatoms. The molecule has 0 fully saturated rings. The van der Waals surface area contributed by atoms with Gasteiger partial charge in [0.2, 0.25) is 5.03 Å². The van der Waals surface area contributed by atoms with Crippen LogP contribution in [-0.4, -0.2) is 23.0 Å². The summed E-state index contributed by atoms with van der Waals surface area (Å²) in [6, 6.07) is 3.05. The summed E-state index contributed by atoms with van der Waals surface area (Å²) in [7, 11) is -4.17. The van der Waals surface area contributed by atoms with Crippen molar-refractivity contribution in [3.8, 4) is 0 Å². The van der Waals surface area contributed by atoms with E-state index in [9.17, 15) is 12.8 Å². The van der Waals surface area contributed by atoms with E-state index in [2.05, 4.69) is 10.1 Å². The third-order valence-electron chi connectivity index (χ3n) is 1.80. The Labute approximate surface area is 84.6 Å². The lowest BCUT2D eigenvalue weighted by atomic mass is 10.4. The molecule has 0 unspecified atom stereocenters. The van der Waals surface area contributed by atoms with Crippen molar-refractivity contribution in [3.63, 3.8) is 0 Å². The molecule has 2 rings (SSSR count). The number of nitrogens with two attached hydrogens (primary N) is 1. The van der Waals surface area contributed by atoms with Gasteiger partial charge in [-0.25, -0.2) is 13.6 Å². The van der Waals surface area contributed by atoms with Gasteiger partial charge in [-0.2, -0.15) is 19.0 Å². The van der Waals surface area contributed by atoms with Crippen molar-refractivity contribution in [2.24, 2.45) is 5.14 Å². The van der Waals surface area contributed by atoms with Gasteiger partial charge in [-0.05, 0) is 19.1 Å². The van der Waals surface area contributed by atoms with E-state index >= 15 is 0 Å². The molecule has 15 heavy (non-hydrogen) atoms. The van der Waals surface area contributed by atoms with Crippen molar-refractivity contribution < 1.29 is 12.8 Å². The SMILES string of the molecule is Cc1ccc2nc(F)c(S(N)(=O)=O)n2n1. The first-order chi connectivity index (χ1) is 6.89. The van der Waals surface area contributed by atoms with Crippen LogP contribution in [0, 0.1) is 12.9 Å².